The van der Waals surface area contributed by atoms with E-state index in [9.17, 15) is 4.79 Å². The van der Waals surface area contributed by atoms with Crippen molar-refractivity contribution in [2.75, 3.05) is 11.9 Å². The highest BCUT2D eigenvalue weighted by molar-refractivity contribution is 7.09. The number of nitrogens with one attached hydrogen (secondary N) is 1. The number of amides is 1. The summed E-state index contributed by atoms with van der Waals surface area (Å²) in [6.45, 7) is 2.80. The van der Waals surface area contributed by atoms with Crippen LogP contribution in [-0.2, 0) is 12.8 Å². The minimum absolute atomic E-state index is 0.412. The number of carbonyl (C=O) groups excluding carboxylic acids is 1. The predicted molar refractivity (Wildman–Crippen MR) is 76.4 cm³/mol. The molecule has 0 saturated heterocycles. The van der Waals surface area contributed by atoms with E-state index in [1.807, 2.05) is 0 Å². The van der Waals surface area contributed by atoms with Crippen LogP contribution in [0.25, 0.3) is 0 Å². The van der Waals surface area contributed by atoms with E-state index in [4.69, 9.17) is 5.73 Å². The zero-order valence-electron chi connectivity index (χ0n) is 10.7. The van der Waals surface area contributed by atoms with Gasteiger partial charge in [0.25, 0.3) is 5.91 Å². The number of anilines is 1. The second-order valence-electron chi connectivity index (χ2n) is 4.05. The lowest BCUT2D eigenvalue weighted by Gasteiger charge is -2.08. The molecule has 0 atom stereocenters. The Labute approximate surface area is 115 Å². The average molecular weight is 276 g/mol. The first-order chi connectivity index (χ1) is 9.20. The lowest BCUT2D eigenvalue weighted by molar-refractivity contribution is 0.100. The standard InChI is InChI=1S/C13H16N4OS/c1-2-12-17-9(8-19-12)3-6-16-11-4-5-15-7-10(11)13(14)18/h4-5,7-8H,2-3,6H2,1H3,(H2,14,18)(H,15,16). The van der Waals surface area contributed by atoms with E-state index < -0.39 is 5.91 Å². The molecular weight excluding hydrogens is 260 g/mol. The first-order valence-electron chi connectivity index (χ1n) is 6.11. The first-order valence-corrected chi connectivity index (χ1v) is 6.99. The predicted octanol–water partition coefficient (Wildman–Crippen LogP) is 1.85. The molecule has 100 valence electrons. The molecule has 0 spiro atoms. The molecule has 0 aliphatic heterocycles. The Kier molecular flexibility index (Phi) is 4.46. The topological polar surface area (TPSA) is 80.9 Å². The number of hydrogen-bond acceptors (Lipinski definition) is 5. The fraction of sp³-hybridized carbons (Fsp3) is 0.308. The number of nitrogens with zero attached hydrogens (tertiary/aromatic N) is 2. The monoisotopic (exact) mass is 276 g/mol. The van der Waals surface area contributed by atoms with Crippen molar-refractivity contribution in [2.24, 2.45) is 5.73 Å². The zero-order valence-corrected chi connectivity index (χ0v) is 11.5. The molecule has 19 heavy (non-hydrogen) atoms. The molecule has 2 heterocycles. The molecule has 3 N–H and O–H groups in total. The van der Waals surface area contributed by atoms with E-state index in [-0.39, 0.29) is 0 Å². The molecule has 6 heteroatoms. The maximum atomic E-state index is 11.2. The van der Waals surface area contributed by atoms with Crippen molar-refractivity contribution in [1.82, 2.24) is 9.97 Å². The van der Waals surface area contributed by atoms with Gasteiger partial charge in [-0.2, -0.15) is 0 Å². The van der Waals surface area contributed by atoms with Gasteiger partial charge in [0.2, 0.25) is 0 Å². The summed E-state index contributed by atoms with van der Waals surface area (Å²) in [6, 6.07) is 1.75. The number of primary amides is 1. The van der Waals surface area contributed by atoms with Gasteiger partial charge in [-0.05, 0) is 12.5 Å². The van der Waals surface area contributed by atoms with Gasteiger partial charge in [0, 0.05) is 30.7 Å². The van der Waals surface area contributed by atoms with Crippen molar-refractivity contribution in [1.29, 1.82) is 0 Å². The van der Waals surface area contributed by atoms with E-state index >= 15 is 0 Å². The number of thiazole rings is 1. The van der Waals surface area contributed by atoms with Crippen LogP contribution in [0.15, 0.2) is 23.8 Å². The van der Waals surface area contributed by atoms with Crippen molar-refractivity contribution in [2.45, 2.75) is 19.8 Å². The van der Waals surface area contributed by atoms with Crippen molar-refractivity contribution in [3.63, 3.8) is 0 Å². The van der Waals surface area contributed by atoms with Gasteiger partial charge >= 0.3 is 0 Å². The second-order valence-corrected chi connectivity index (χ2v) is 4.99. The molecule has 2 aromatic rings. The highest BCUT2D eigenvalue weighted by Crippen LogP contribution is 2.14. The summed E-state index contributed by atoms with van der Waals surface area (Å²) in [5.74, 6) is -0.475. The minimum Gasteiger partial charge on any atom is -0.384 e. The maximum Gasteiger partial charge on any atom is 0.252 e. The third-order valence-corrected chi connectivity index (χ3v) is 3.73. The molecule has 0 aliphatic rings. The van der Waals surface area contributed by atoms with Crippen LogP contribution in [0.4, 0.5) is 5.69 Å². The van der Waals surface area contributed by atoms with Crippen LogP contribution in [0.2, 0.25) is 0 Å². The third kappa shape index (κ3) is 3.51. The molecule has 1 amide bonds. The third-order valence-electron chi connectivity index (χ3n) is 2.68. The molecule has 0 aliphatic carbocycles. The van der Waals surface area contributed by atoms with Crippen LogP contribution in [0, 0.1) is 0 Å². The summed E-state index contributed by atoms with van der Waals surface area (Å²) in [5.41, 5.74) is 7.49. The Morgan fingerprint density at radius 2 is 2.37 bits per heavy atom. The molecular formula is C13H16N4OS. The Hall–Kier alpha value is -1.95. The van der Waals surface area contributed by atoms with Crippen LogP contribution in [0.5, 0.6) is 0 Å². The number of aryl methyl sites for hydroxylation is 1. The van der Waals surface area contributed by atoms with E-state index in [1.54, 1.807) is 23.6 Å². The molecule has 0 saturated carbocycles. The molecule has 0 radical (unpaired) electrons. The highest BCUT2D eigenvalue weighted by Gasteiger charge is 2.07. The number of aromatic nitrogens is 2. The summed E-state index contributed by atoms with van der Waals surface area (Å²) >= 11 is 1.68. The number of nitrogens with two attached hydrogens (primary N) is 1. The molecule has 0 bridgehead atoms. The van der Waals surface area contributed by atoms with Gasteiger partial charge in [0.15, 0.2) is 0 Å². The summed E-state index contributed by atoms with van der Waals surface area (Å²) in [6.07, 6.45) is 4.89. The lowest BCUT2D eigenvalue weighted by Crippen LogP contribution is -2.15. The van der Waals surface area contributed by atoms with E-state index in [0.29, 0.717) is 17.8 Å². The van der Waals surface area contributed by atoms with Gasteiger partial charge in [-0.3, -0.25) is 9.78 Å². The van der Waals surface area contributed by atoms with Gasteiger partial charge in [-0.1, -0.05) is 6.92 Å². The van der Waals surface area contributed by atoms with Crippen LogP contribution >= 0.6 is 11.3 Å². The summed E-state index contributed by atoms with van der Waals surface area (Å²) < 4.78 is 0. The molecule has 0 aromatic carbocycles. The fourth-order valence-electron chi connectivity index (χ4n) is 1.70. The number of rotatable bonds is 6. The average Bonchev–Trinajstić information content (AvgIpc) is 2.87. The summed E-state index contributed by atoms with van der Waals surface area (Å²) in [7, 11) is 0. The fourth-order valence-corrected chi connectivity index (χ4v) is 2.48. The summed E-state index contributed by atoms with van der Waals surface area (Å²) in [4.78, 5) is 19.6. The second kappa shape index (κ2) is 6.29. The van der Waals surface area contributed by atoms with E-state index in [0.717, 1.165) is 23.5 Å². The van der Waals surface area contributed by atoms with Gasteiger partial charge in [0.1, 0.15) is 0 Å². The largest absolute Gasteiger partial charge is 0.384 e. The van der Waals surface area contributed by atoms with Crippen LogP contribution in [0.3, 0.4) is 0 Å². The van der Waals surface area contributed by atoms with E-state index in [2.05, 4.69) is 27.6 Å². The Balaban J connectivity index is 1.94. The van der Waals surface area contributed by atoms with Crippen molar-refractivity contribution in [3.05, 3.63) is 40.1 Å². The highest BCUT2D eigenvalue weighted by atomic mass is 32.1. The van der Waals surface area contributed by atoms with Gasteiger partial charge < -0.3 is 11.1 Å². The van der Waals surface area contributed by atoms with Crippen LogP contribution in [-0.4, -0.2) is 22.4 Å². The smallest absolute Gasteiger partial charge is 0.252 e. The molecule has 2 aromatic heterocycles. The number of carbonyl (C=O) groups is 1. The molecule has 0 fully saturated rings. The summed E-state index contributed by atoms with van der Waals surface area (Å²) in [5, 5.41) is 6.42. The van der Waals surface area contributed by atoms with Crippen LogP contribution < -0.4 is 11.1 Å². The normalized spacial score (nSPS) is 10.4. The van der Waals surface area contributed by atoms with Gasteiger partial charge in [-0.25, -0.2) is 4.98 Å². The van der Waals surface area contributed by atoms with E-state index in [1.165, 1.54) is 6.20 Å². The first kappa shape index (κ1) is 13.5. The SMILES string of the molecule is CCc1nc(CCNc2ccncc2C(N)=O)cs1. The number of pyridine rings is 1. The zero-order chi connectivity index (χ0) is 13.7. The van der Waals surface area contributed by atoms with Crippen LogP contribution in [0.1, 0.15) is 28.0 Å². The molecule has 2 rings (SSSR count). The minimum atomic E-state index is -0.475. The number of hydrogen-bond donors (Lipinski definition) is 2. The molecule has 5 nitrogen and oxygen atoms in total. The van der Waals surface area contributed by atoms with Gasteiger partial charge in [-0.15, -0.1) is 11.3 Å². The molecule has 0 unspecified atom stereocenters. The quantitative estimate of drug-likeness (QED) is 0.843. The van der Waals surface area contributed by atoms with Crippen molar-refractivity contribution < 1.29 is 4.79 Å². The Morgan fingerprint density at radius 1 is 1.53 bits per heavy atom. The van der Waals surface area contributed by atoms with Gasteiger partial charge in [0.05, 0.1) is 22.0 Å². The lowest BCUT2D eigenvalue weighted by atomic mass is 10.2. The maximum absolute atomic E-state index is 11.2. The van der Waals surface area contributed by atoms with Crippen molar-refractivity contribution in [3.8, 4) is 0 Å². The Bertz CT molecular complexity index is 567. The Morgan fingerprint density at radius 3 is 3.05 bits per heavy atom. The van der Waals surface area contributed by atoms with Crippen molar-refractivity contribution >= 4 is 22.9 Å².